The van der Waals surface area contributed by atoms with Crippen LogP contribution < -0.4 is 0 Å². The van der Waals surface area contributed by atoms with Crippen molar-refractivity contribution in [3.63, 3.8) is 0 Å². The SMILES string of the molecule is CC(=O)C1=[C-]CC=C1.OC1=[C-]CC=C1.[Fe+2]. The van der Waals surface area contributed by atoms with Crippen LogP contribution in [-0.2, 0) is 21.9 Å². The van der Waals surface area contributed by atoms with Crippen molar-refractivity contribution >= 4 is 5.78 Å². The van der Waals surface area contributed by atoms with Crippen molar-refractivity contribution in [3.8, 4) is 0 Å². The molecule has 0 saturated carbocycles. The Bertz CT molecular complexity index is 333. The number of aliphatic hydroxyl groups is 1. The van der Waals surface area contributed by atoms with Gasteiger partial charge in [-0.15, -0.1) is 12.5 Å². The van der Waals surface area contributed by atoms with E-state index >= 15 is 0 Å². The molecule has 0 aromatic heterocycles. The third kappa shape index (κ3) is 5.40. The molecule has 0 saturated heterocycles. The van der Waals surface area contributed by atoms with Crippen LogP contribution in [0.3, 0.4) is 0 Å². The normalized spacial score (nSPS) is 16.1. The Kier molecular flexibility index (Phi) is 6.76. The number of aliphatic hydroxyl groups excluding tert-OH is 1. The summed E-state index contributed by atoms with van der Waals surface area (Å²) in [6.45, 7) is 1.55. The molecular formula is C12H12FeO2. The number of allylic oxidation sites excluding steroid dienone is 7. The molecule has 0 aromatic carbocycles. The molecule has 15 heavy (non-hydrogen) atoms. The first-order chi connectivity index (χ1) is 6.70. The van der Waals surface area contributed by atoms with Gasteiger partial charge in [0.25, 0.3) is 0 Å². The summed E-state index contributed by atoms with van der Waals surface area (Å²) in [4.78, 5) is 10.5. The molecule has 1 N–H and O–H groups in total. The van der Waals surface area contributed by atoms with Crippen LogP contribution in [0.4, 0.5) is 0 Å². The number of Topliss-reactive ketones (excluding diaryl/α,β-unsaturated/α-hetero) is 1. The number of hydrogen-bond donors (Lipinski definition) is 1. The summed E-state index contributed by atoms with van der Waals surface area (Å²) in [5, 5.41) is 8.45. The van der Waals surface area contributed by atoms with Gasteiger partial charge in [0.2, 0.25) is 0 Å². The minimum Gasteiger partial charge on any atom is -0.546 e. The van der Waals surface area contributed by atoms with E-state index < -0.39 is 0 Å². The molecular weight excluding hydrogens is 232 g/mol. The second kappa shape index (κ2) is 7.27. The number of carbonyl (C=O) groups excluding carboxylic acids is 1. The van der Waals surface area contributed by atoms with E-state index in [1.54, 1.807) is 13.0 Å². The van der Waals surface area contributed by atoms with Gasteiger partial charge in [0.15, 0.2) is 0 Å². The molecule has 0 aromatic rings. The average Bonchev–Trinajstić information content (AvgIpc) is 2.75. The van der Waals surface area contributed by atoms with E-state index in [2.05, 4.69) is 12.2 Å². The van der Waals surface area contributed by atoms with Gasteiger partial charge < -0.3 is 9.90 Å². The van der Waals surface area contributed by atoms with Crippen molar-refractivity contribution in [1.29, 1.82) is 0 Å². The van der Waals surface area contributed by atoms with Crippen LogP contribution in [0.15, 0.2) is 35.6 Å². The molecule has 0 heterocycles. The summed E-state index contributed by atoms with van der Waals surface area (Å²) in [6.07, 6.45) is 14.4. The average molecular weight is 244 g/mol. The molecule has 80 valence electrons. The first-order valence-corrected chi connectivity index (χ1v) is 4.45. The van der Waals surface area contributed by atoms with Gasteiger partial charge in [-0.3, -0.25) is 0 Å². The third-order valence-electron chi connectivity index (χ3n) is 1.75. The maximum Gasteiger partial charge on any atom is 2.00 e. The first-order valence-electron chi connectivity index (χ1n) is 4.45. The van der Waals surface area contributed by atoms with Gasteiger partial charge in [-0.05, 0) is 6.92 Å². The molecule has 2 aliphatic carbocycles. The van der Waals surface area contributed by atoms with E-state index in [0.29, 0.717) is 0 Å². The van der Waals surface area contributed by atoms with Gasteiger partial charge in [-0.25, -0.2) is 6.08 Å². The molecule has 0 unspecified atom stereocenters. The van der Waals surface area contributed by atoms with Crippen molar-refractivity contribution in [2.24, 2.45) is 0 Å². The summed E-state index contributed by atoms with van der Waals surface area (Å²) in [6, 6.07) is 0. The van der Waals surface area contributed by atoms with Crippen LogP contribution >= 0.6 is 0 Å². The third-order valence-corrected chi connectivity index (χ3v) is 1.75. The Morgan fingerprint density at radius 3 is 2.07 bits per heavy atom. The van der Waals surface area contributed by atoms with Crippen molar-refractivity contribution in [3.05, 3.63) is 47.8 Å². The molecule has 0 bridgehead atoms. The van der Waals surface area contributed by atoms with Crippen LogP contribution in [0, 0.1) is 12.2 Å². The second-order valence-electron chi connectivity index (χ2n) is 2.92. The molecule has 0 aliphatic heterocycles. The maximum absolute atomic E-state index is 10.5. The monoisotopic (exact) mass is 244 g/mol. The Hall–Kier alpha value is -1.05. The van der Waals surface area contributed by atoms with Crippen molar-refractivity contribution in [1.82, 2.24) is 0 Å². The fourth-order valence-electron chi connectivity index (χ4n) is 1.04. The van der Waals surface area contributed by atoms with E-state index in [9.17, 15) is 4.79 Å². The molecule has 2 aliphatic rings. The van der Waals surface area contributed by atoms with E-state index in [0.717, 1.165) is 18.4 Å². The molecule has 0 radical (unpaired) electrons. The Labute approximate surface area is 101 Å². The van der Waals surface area contributed by atoms with Gasteiger partial charge in [-0.2, -0.15) is 29.9 Å². The minimum absolute atomic E-state index is 0. The van der Waals surface area contributed by atoms with Crippen molar-refractivity contribution in [2.75, 3.05) is 0 Å². The van der Waals surface area contributed by atoms with Gasteiger partial charge >= 0.3 is 17.1 Å². The zero-order valence-corrected chi connectivity index (χ0v) is 9.54. The Balaban J connectivity index is 0.000000253. The van der Waals surface area contributed by atoms with Crippen LogP contribution in [0.1, 0.15) is 19.8 Å². The molecule has 0 atom stereocenters. The first kappa shape index (κ1) is 13.9. The summed E-state index contributed by atoms with van der Waals surface area (Å²) in [5.74, 6) is 0.383. The smallest absolute Gasteiger partial charge is 0.546 e. The molecule has 3 heteroatoms. The second-order valence-corrected chi connectivity index (χ2v) is 2.92. The number of ketones is 1. The predicted octanol–water partition coefficient (Wildman–Crippen LogP) is 2.45. The van der Waals surface area contributed by atoms with Crippen LogP contribution in [0.25, 0.3) is 0 Å². The number of hydrogen-bond acceptors (Lipinski definition) is 2. The van der Waals surface area contributed by atoms with Gasteiger partial charge in [0.1, 0.15) is 0 Å². The van der Waals surface area contributed by atoms with Crippen LogP contribution in [-0.4, -0.2) is 10.9 Å². The molecule has 0 spiro atoms. The fraction of sp³-hybridized carbons (Fsp3) is 0.250. The molecule has 0 fully saturated rings. The summed E-state index contributed by atoms with van der Waals surface area (Å²) < 4.78 is 0. The minimum atomic E-state index is 0. The van der Waals surface area contributed by atoms with E-state index in [4.69, 9.17) is 5.11 Å². The summed E-state index contributed by atoms with van der Waals surface area (Å²) >= 11 is 0. The molecule has 2 rings (SSSR count). The van der Waals surface area contributed by atoms with E-state index in [1.807, 2.05) is 18.2 Å². The van der Waals surface area contributed by atoms with Crippen molar-refractivity contribution < 1.29 is 27.0 Å². The zero-order valence-electron chi connectivity index (χ0n) is 8.43. The Morgan fingerprint density at radius 2 is 1.87 bits per heavy atom. The fourth-order valence-corrected chi connectivity index (χ4v) is 1.04. The number of carbonyl (C=O) groups is 1. The summed E-state index contributed by atoms with van der Waals surface area (Å²) in [5.41, 5.74) is 0.727. The predicted molar refractivity (Wildman–Crippen MR) is 54.3 cm³/mol. The summed E-state index contributed by atoms with van der Waals surface area (Å²) in [7, 11) is 0. The van der Waals surface area contributed by atoms with Crippen molar-refractivity contribution in [2.45, 2.75) is 19.8 Å². The molecule has 2 nitrogen and oxygen atoms in total. The maximum atomic E-state index is 10.5. The largest absolute Gasteiger partial charge is 2.00 e. The zero-order chi connectivity index (χ0) is 10.4. The standard InChI is InChI=1S/C7H7O.C5H5O.Fe/c1-6(8)7-4-2-3-5-7;6-5-3-1-2-4-5;/h2,4H,3H2,1H3;1,3,6H,2H2;/q2*-1;+2. The molecule has 0 amide bonds. The van der Waals surface area contributed by atoms with Gasteiger partial charge in [-0.1, -0.05) is 12.2 Å². The van der Waals surface area contributed by atoms with E-state index in [1.165, 1.54) is 0 Å². The number of rotatable bonds is 1. The Morgan fingerprint density at radius 1 is 1.27 bits per heavy atom. The van der Waals surface area contributed by atoms with Crippen LogP contribution in [0.2, 0.25) is 0 Å². The topological polar surface area (TPSA) is 37.3 Å². The quantitative estimate of drug-likeness (QED) is 0.568. The van der Waals surface area contributed by atoms with E-state index in [-0.39, 0.29) is 28.6 Å². The van der Waals surface area contributed by atoms with Gasteiger partial charge in [0, 0.05) is 5.78 Å². The van der Waals surface area contributed by atoms with Gasteiger partial charge in [0.05, 0.1) is 0 Å². The van der Waals surface area contributed by atoms with Crippen LogP contribution in [0.5, 0.6) is 0 Å².